The minimum atomic E-state index is -0.531. The van der Waals surface area contributed by atoms with Crippen molar-refractivity contribution in [2.45, 2.75) is 26.0 Å². The van der Waals surface area contributed by atoms with Gasteiger partial charge in [0.1, 0.15) is 24.1 Å². The van der Waals surface area contributed by atoms with Gasteiger partial charge in [-0.25, -0.2) is 4.68 Å². The molecule has 41 heavy (non-hydrogen) atoms. The van der Waals surface area contributed by atoms with Crippen LogP contribution in [0.15, 0.2) is 48.8 Å². The number of hydrogen-bond acceptors (Lipinski definition) is 7. The van der Waals surface area contributed by atoms with Gasteiger partial charge in [0.15, 0.2) is 11.4 Å². The summed E-state index contributed by atoms with van der Waals surface area (Å²) in [4.78, 5) is 20.0. The lowest BCUT2D eigenvalue weighted by atomic mass is 9.94. The maximum Gasteiger partial charge on any atom is 0.278 e. The fraction of sp³-hybridized carbons (Fsp3) is 0.267. The van der Waals surface area contributed by atoms with E-state index >= 15 is 0 Å². The normalized spacial score (nSPS) is 15.4. The van der Waals surface area contributed by atoms with Crippen molar-refractivity contribution in [2.24, 2.45) is 0 Å². The first-order valence-electron chi connectivity index (χ1n) is 12.9. The van der Waals surface area contributed by atoms with Crippen molar-refractivity contribution in [3.05, 3.63) is 75.7 Å². The Balaban J connectivity index is 1.60. The molecule has 1 saturated heterocycles. The first-order valence-corrected chi connectivity index (χ1v) is 13.6. The minimum absolute atomic E-state index is 0.183. The summed E-state index contributed by atoms with van der Waals surface area (Å²) >= 11 is 12.8. The number of nitriles is 1. The summed E-state index contributed by atoms with van der Waals surface area (Å²) in [5, 5.41) is 15.1. The van der Waals surface area contributed by atoms with E-state index in [2.05, 4.69) is 11.1 Å². The van der Waals surface area contributed by atoms with Crippen molar-refractivity contribution < 1.29 is 19.0 Å². The molecule has 0 atom stereocenters. The Morgan fingerprint density at radius 2 is 1.88 bits per heavy atom. The maximum absolute atomic E-state index is 14.0. The number of methoxy groups -OCH3 is 1. The second kappa shape index (κ2) is 10.4. The van der Waals surface area contributed by atoms with Crippen LogP contribution >= 0.6 is 23.2 Å². The van der Waals surface area contributed by atoms with E-state index in [0.29, 0.717) is 63.8 Å². The van der Waals surface area contributed by atoms with Crippen LogP contribution in [0.25, 0.3) is 28.1 Å². The van der Waals surface area contributed by atoms with Crippen molar-refractivity contribution >= 4 is 29.1 Å². The van der Waals surface area contributed by atoms with Crippen LogP contribution in [0.2, 0.25) is 10.0 Å². The lowest BCUT2D eigenvalue weighted by Crippen LogP contribution is -2.55. The van der Waals surface area contributed by atoms with Gasteiger partial charge in [0.2, 0.25) is 0 Å². The van der Waals surface area contributed by atoms with Crippen LogP contribution in [0.4, 0.5) is 0 Å². The Morgan fingerprint density at radius 1 is 1.10 bits per heavy atom. The summed E-state index contributed by atoms with van der Waals surface area (Å²) in [6.45, 7) is 5.39. The highest BCUT2D eigenvalue weighted by molar-refractivity contribution is 6.34. The van der Waals surface area contributed by atoms with E-state index in [1.807, 2.05) is 26.0 Å². The van der Waals surface area contributed by atoms with E-state index in [-0.39, 0.29) is 18.2 Å². The molecule has 4 heterocycles. The zero-order valence-electron chi connectivity index (χ0n) is 22.6. The molecule has 9 nitrogen and oxygen atoms in total. The smallest absolute Gasteiger partial charge is 0.278 e. The monoisotopic (exact) mass is 589 g/mol. The molecule has 4 aromatic rings. The molecule has 2 aromatic heterocycles. The van der Waals surface area contributed by atoms with Crippen LogP contribution in [0, 0.1) is 11.3 Å². The molecule has 1 amide bonds. The van der Waals surface area contributed by atoms with Crippen LogP contribution in [0.3, 0.4) is 0 Å². The molecule has 0 aliphatic carbocycles. The average molecular weight is 590 g/mol. The summed E-state index contributed by atoms with van der Waals surface area (Å²) in [6.07, 6.45) is 3.18. The van der Waals surface area contributed by atoms with Crippen LogP contribution < -0.4 is 9.47 Å². The summed E-state index contributed by atoms with van der Waals surface area (Å²) in [5.41, 5.74) is 4.27. The molecular formula is C30H25Cl2N5O4. The second-order valence-electron chi connectivity index (χ2n) is 10.5. The number of morpholine rings is 1. The molecule has 11 heteroatoms. The molecular weight excluding hydrogens is 565 g/mol. The third-order valence-corrected chi connectivity index (χ3v) is 7.69. The number of nitrogens with zero attached hydrogens (tertiary/aromatic N) is 5. The summed E-state index contributed by atoms with van der Waals surface area (Å²) in [5.74, 6) is 0.696. The standard InChI is InChI=1S/C30H25Cl2N5O4/c1-30(2)16-40-5-4-36(30)29(38)26-28-27(37(35-26)22-9-20(31)8-21(32)10-22)24-11-23(18-6-17(12-33)13-34-14-18)25(39-3)7-19(24)15-41-28/h6-11,13-14H,4-5,15-16H2,1-3H3. The van der Waals surface area contributed by atoms with E-state index in [9.17, 15) is 10.1 Å². The molecule has 0 saturated carbocycles. The Bertz CT molecular complexity index is 1720. The lowest BCUT2D eigenvalue weighted by Gasteiger charge is -2.41. The summed E-state index contributed by atoms with van der Waals surface area (Å²) in [6, 6.07) is 12.8. The number of fused-ring (bicyclic) bond motifs is 3. The van der Waals surface area contributed by atoms with E-state index in [1.165, 1.54) is 6.20 Å². The molecule has 0 radical (unpaired) electrons. The van der Waals surface area contributed by atoms with Gasteiger partial charge < -0.3 is 19.1 Å². The molecule has 0 spiro atoms. The van der Waals surface area contributed by atoms with Gasteiger partial charge in [-0.3, -0.25) is 9.78 Å². The average Bonchev–Trinajstić information content (AvgIpc) is 3.35. The number of carbonyl (C=O) groups excluding carboxylic acids is 1. The van der Waals surface area contributed by atoms with Crippen LogP contribution in [0.1, 0.15) is 35.5 Å². The Kier molecular flexibility index (Phi) is 6.86. The van der Waals surface area contributed by atoms with E-state index in [0.717, 1.165) is 16.7 Å². The van der Waals surface area contributed by atoms with Crippen LogP contribution in [-0.4, -0.2) is 58.0 Å². The maximum atomic E-state index is 14.0. The van der Waals surface area contributed by atoms with E-state index in [4.69, 9.17) is 42.5 Å². The number of carbonyl (C=O) groups is 1. The van der Waals surface area contributed by atoms with E-state index < -0.39 is 5.54 Å². The lowest BCUT2D eigenvalue weighted by molar-refractivity contribution is -0.0374. The molecule has 208 valence electrons. The third-order valence-electron chi connectivity index (χ3n) is 7.26. The highest BCUT2D eigenvalue weighted by Gasteiger charge is 2.40. The minimum Gasteiger partial charge on any atom is -0.496 e. The number of rotatable bonds is 4. The fourth-order valence-electron chi connectivity index (χ4n) is 5.28. The van der Waals surface area contributed by atoms with Gasteiger partial charge in [0.25, 0.3) is 5.91 Å². The van der Waals surface area contributed by atoms with Crippen molar-refractivity contribution in [3.63, 3.8) is 0 Å². The van der Waals surface area contributed by atoms with E-state index in [1.54, 1.807) is 47.2 Å². The van der Waals surface area contributed by atoms with Crippen molar-refractivity contribution in [1.29, 1.82) is 5.26 Å². The molecule has 0 N–H and O–H groups in total. The van der Waals surface area contributed by atoms with Gasteiger partial charge in [0.05, 0.1) is 37.1 Å². The van der Waals surface area contributed by atoms with Crippen molar-refractivity contribution in [2.75, 3.05) is 26.9 Å². The van der Waals surface area contributed by atoms with Gasteiger partial charge in [0, 0.05) is 51.2 Å². The number of ether oxygens (including phenoxy) is 3. The molecule has 6 rings (SSSR count). The summed E-state index contributed by atoms with van der Waals surface area (Å²) in [7, 11) is 1.58. The number of pyridine rings is 1. The molecule has 2 aliphatic heterocycles. The molecule has 0 unspecified atom stereocenters. The van der Waals surface area contributed by atoms with Gasteiger partial charge in [-0.05, 0) is 50.2 Å². The van der Waals surface area contributed by atoms with Gasteiger partial charge >= 0.3 is 0 Å². The first kappa shape index (κ1) is 27.1. The Labute approximate surface area is 246 Å². The number of benzene rings is 2. The second-order valence-corrected chi connectivity index (χ2v) is 11.3. The van der Waals surface area contributed by atoms with Crippen molar-refractivity contribution in [1.82, 2.24) is 19.7 Å². The van der Waals surface area contributed by atoms with Gasteiger partial charge in [-0.1, -0.05) is 23.2 Å². The quantitative estimate of drug-likeness (QED) is 0.290. The third kappa shape index (κ3) is 4.78. The number of hydrogen-bond donors (Lipinski definition) is 0. The Morgan fingerprint density at radius 3 is 2.59 bits per heavy atom. The highest BCUT2D eigenvalue weighted by Crippen LogP contribution is 2.46. The predicted molar refractivity (Wildman–Crippen MR) is 154 cm³/mol. The van der Waals surface area contributed by atoms with Crippen LogP contribution in [-0.2, 0) is 11.3 Å². The largest absolute Gasteiger partial charge is 0.496 e. The number of amides is 1. The number of halogens is 2. The molecule has 0 bridgehead atoms. The van der Waals surface area contributed by atoms with Crippen LogP contribution in [0.5, 0.6) is 11.5 Å². The molecule has 1 fully saturated rings. The molecule has 2 aliphatic rings. The molecule has 2 aromatic carbocycles. The zero-order valence-corrected chi connectivity index (χ0v) is 24.1. The topological polar surface area (TPSA) is 103 Å². The Hall–Kier alpha value is -4.10. The number of aromatic nitrogens is 3. The van der Waals surface area contributed by atoms with Gasteiger partial charge in [-0.2, -0.15) is 10.4 Å². The van der Waals surface area contributed by atoms with Gasteiger partial charge in [-0.15, -0.1) is 0 Å². The summed E-state index contributed by atoms with van der Waals surface area (Å²) < 4.78 is 19.3. The first-order chi connectivity index (χ1) is 19.7. The SMILES string of the molecule is COc1cc2c(cc1-c1cncc(C#N)c1)-c1c(c(C(=O)N3CCOCC3(C)C)nn1-c1cc(Cl)cc(Cl)c1)OC2. The predicted octanol–water partition coefficient (Wildman–Crippen LogP) is 5.93. The fourth-order valence-corrected chi connectivity index (χ4v) is 5.80. The zero-order chi connectivity index (χ0) is 28.9. The highest BCUT2D eigenvalue weighted by atomic mass is 35.5. The van der Waals surface area contributed by atoms with Crippen molar-refractivity contribution in [3.8, 4) is 45.6 Å².